The zero-order valence-electron chi connectivity index (χ0n) is 15.7. The lowest BCUT2D eigenvalue weighted by Crippen LogP contribution is -2.36. The van der Waals surface area contributed by atoms with Gasteiger partial charge in [0.1, 0.15) is 12.4 Å². The third kappa shape index (κ3) is 4.04. The average Bonchev–Trinajstić information content (AvgIpc) is 3.10. The molecule has 7 heteroatoms. The van der Waals surface area contributed by atoms with E-state index in [1.165, 1.54) is 17.3 Å². The lowest BCUT2D eigenvalue weighted by molar-refractivity contribution is -0.116. The Morgan fingerprint density at radius 2 is 1.89 bits per heavy atom. The molecule has 1 aliphatic rings. The van der Waals surface area contributed by atoms with Gasteiger partial charge in [-0.1, -0.05) is 48.2 Å². The summed E-state index contributed by atoms with van der Waals surface area (Å²) in [7, 11) is 1.90. The maximum Gasteiger partial charge on any atom is 0.237 e. The summed E-state index contributed by atoms with van der Waals surface area (Å²) in [6, 6.07) is 17.8. The molecule has 3 aromatic rings. The number of amides is 1. The monoisotopic (exact) mass is 394 g/mol. The Labute approximate surface area is 168 Å². The third-order valence-electron chi connectivity index (χ3n) is 4.77. The first-order valence-electron chi connectivity index (χ1n) is 9.29. The summed E-state index contributed by atoms with van der Waals surface area (Å²) in [6.45, 7) is 1.10. The first-order valence-corrected chi connectivity index (χ1v) is 10.3. The lowest BCUT2D eigenvalue weighted by atomic mass is 10.0. The Morgan fingerprint density at radius 1 is 1.11 bits per heavy atom. The van der Waals surface area contributed by atoms with E-state index in [9.17, 15) is 4.79 Å². The molecule has 0 saturated carbocycles. The lowest BCUT2D eigenvalue weighted by Gasteiger charge is -2.29. The highest BCUT2D eigenvalue weighted by molar-refractivity contribution is 7.99. The molecule has 4 rings (SSSR count). The molecule has 1 amide bonds. The van der Waals surface area contributed by atoms with Crippen molar-refractivity contribution in [2.75, 3.05) is 17.2 Å². The average molecular weight is 395 g/mol. The molecule has 28 heavy (non-hydrogen) atoms. The number of thioether (sulfide) groups is 1. The van der Waals surface area contributed by atoms with Crippen molar-refractivity contribution in [1.82, 2.24) is 14.8 Å². The van der Waals surface area contributed by atoms with Crippen LogP contribution in [0.2, 0.25) is 0 Å². The Hall–Kier alpha value is -2.80. The Morgan fingerprint density at radius 3 is 2.75 bits per heavy atom. The van der Waals surface area contributed by atoms with Gasteiger partial charge in [-0.3, -0.25) is 4.79 Å². The standard InChI is InChI=1S/C21H22N4O2S/c1-24-19(14-27-17-10-3-2-4-11-17)22-23-21(24)28-15-20(26)25-13-7-9-16-8-5-6-12-18(16)25/h2-6,8,10-12H,7,9,13-15H2,1H3. The van der Waals surface area contributed by atoms with Crippen LogP contribution in [-0.4, -0.2) is 33.0 Å². The highest BCUT2D eigenvalue weighted by Gasteiger charge is 2.22. The molecule has 0 aliphatic carbocycles. The van der Waals surface area contributed by atoms with Gasteiger partial charge in [0.25, 0.3) is 0 Å². The smallest absolute Gasteiger partial charge is 0.237 e. The van der Waals surface area contributed by atoms with Crippen LogP contribution in [-0.2, 0) is 24.9 Å². The number of nitrogens with zero attached hydrogens (tertiary/aromatic N) is 4. The van der Waals surface area contributed by atoms with Crippen LogP contribution >= 0.6 is 11.8 Å². The fourth-order valence-electron chi connectivity index (χ4n) is 3.26. The van der Waals surface area contributed by atoms with Crippen molar-refractivity contribution in [2.24, 2.45) is 7.05 Å². The number of rotatable bonds is 6. The predicted molar refractivity (Wildman–Crippen MR) is 110 cm³/mol. The van der Waals surface area contributed by atoms with Crippen LogP contribution in [0.1, 0.15) is 17.8 Å². The fraction of sp³-hybridized carbons (Fsp3) is 0.286. The minimum Gasteiger partial charge on any atom is -0.486 e. The van der Waals surface area contributed by atoms with E-state index >= 15 is 0 Å². The van der Waals surface area contributed by atoms with E-state index in [4.69, 9.17) is 4.74 Å². The van der Waals surface area contributed by atoms with Crippen LogP contribution in [0, 0.1) is 0 Å². The number of para-hydroxylation sites is 2. The largest absolute Gasteiger partial charge is 0.486 e. The van der Waals surface area contributed by atoms with Crippen LogP contribution in [0.25, 0.3) is 0 Å². The van der Waals surface area contributed by atoms with Gasteiger partial charge < -0.3 is 14.2 Å². The van der Waals surface area contributed by atoms with Crippen molar-refractivity contribution in [3.05, 3.63) is 66.0 Å². The van der Waals surface area contributed by atoms with Crippen molar-refractivity contribution >= 4 is 23.4 Å². The number of carbonyl (C=O) groups is 1. The SMILES string of the molecule is Cn1c(COc2ccccc2)nnc1SCC(=O)N1CCCc2ccccc21. The molecule has 0 N–H and O–H groups in total. The van der Waals surface area contributed by atoms with Gasteiger partial charge >= 0.3 is 0 Å². The molecule has 0 unspecified atom stereocenters. The van der Waals surface area contributed by atoms with E-state index in [0.29, 0.717) is 17.5 Å². The van der Waals surface area contributed by atoms with Crippen molar-refractivity contribution in [3.8, 4) is 5.75 Å². The Balaban J connectivity index is 1.37. The van der Waals surface area contributed by atoms with Gasteiger partial charge in [0.15, 0.2) is 11.0 Å². The summed E-state index contributed by atoms with van der Waals surface area (Å²) in [6.07, 6.45) is 2.03. The highest BCUT2D eigenvalue weighted by atomic mass is 32.2. The van der Waals surface area contributed by atoms with Gasteiger partial charge in [-0.2, -0.15) is 0 Å². The van der Waals surface area contributed by atoms with E-state index in [2.05, 4.69) is 16.3 Å². The Kier molecular flexibility index (Phi) is 5.62. The Bertz CT molecular complexity index is 958. The number of carbonyl (C=O) groups excluding carboxylic acids is 1. The van der Waals surface area contributed by atoms with Crippen molar-refractivity contribution in [3.63, 3.8) is 0 Å². The summed E-state index contributed by atoms with van der Waals surface area (Å²) in [4.78, 5) is 14.7. The molecule has 0 radical (unpaired) electrons. The van der Waals surface area contributed by atoms with E-state index < -0.39 is 0 Å². The number of hydrogen-bond donors (Lipinski definition) is 0. The molecule has 2 aromatic carbocycles. The van der Waals surface area contributed by atoms with Gasteiger partial charge in [0, 0.05) is 19.3 Å². The number of ether oxygens (including phenoxy) is 1. The fourth-order valence-corrected chi connectivity index (χ4v) is 4.06. The van der Waals surface area contributed by atoms with Gasteiger partial charge in [-0.25, -0.2) is 0 Å². The number of aryl methyl sites for hydroxylation is 1. The molecule has 6 nitrogen and oxygen atoms in total. The second-order valence-electron chi connectivity index (χ2n) is 6.63. The molecule has 1 aliphatic heterocycles. The summed E-state index contributed by atoms with van der Waals surface area (Å²) in [5, 5.41) is 9.13. The summed E-state index contributed by atoms with van der Waals surface area (Å²) in [5.41, 5.74) is 2.28. The molecular weight excluding hydrogens is 372 g/mol. The molecule has 1 aromatic heterocycles. The first-order chi connectivity index (χ1) is 13.7. The topological polar surface area (TPSA) is 60.2 Å². The first kappa shape index (κ1) is 18.6. The highest BCUT2D eigenvalue weighted by Crippen LogP contribution is 2.28. The molecule has 0 fully saturated rings. The zero-order chi connectivity index (χ0) is 19.3. The second-order valence-corrected chi connectivity index (χ2v) is 7.57. The quantitative estimate of drug-likeness (QED) is 0.599. The van der Waals surface area contributed by atoms with Gasteiger partial charge in [0.05, 0.1) is 5.75 Å². The molecule has 2 heterocycles. The molecule has 0 saturated heterocycles. The minimum atomic E-state index is 0.0993. The molecule has 0 atom stereocenters. The number of benzene rings is 2. The minimum absolute atomic E-state index is 0.0993. The number of anilines is 1. The normalized spacial score (nSPS) is 13.2. The molecule has 144 valence electrons. The maximum atomic E-state index is 12.8. The molecule has 0 bridgehead atoms. The summed E-state index contributed by atoms with van der Waals surface area (Å²) >= 11 is 1.41. The van der Waals surface area contributed by atoms with E-state index in [1.54, 1.807) is 0 Å². The zero-order valence-corrected chi connectivity index (χ0v) is 16.6. The van der Waals surface area contributed by atoms with E-state index in [0.717, 1.165) is 36.6 Å². The van der Waals surface area contributed by atoms with E-state index in [-0.39, 0.29) is 5.91 Å². The maximum absolute atomic E-state index is 12.8. The summed E-state index contributed by atoms with van der Waals surface area (Å²) in [5.74, 6) is 1.95. The number of fused-ring (bicyclic) bond motifs is 1. The predicted octanol–water partition coefficient (Wildman–Crippen LogP) is 3.47. The van der Waals surface area contributed by atoms with Crippen LogP contribution in [0.5, 0.6) is 5.75 Å². The van der Waals surface area contributed by atoms with Crippen LogP contribution in [0.15, 0.2) is 59.8 Å². The van der Waals surface area contributed by atoms with E-state index in [1.807, 2.05) is 65.0 Å². The van der Waals surface area contributed by atoms with Gasteiger partial charge in [-0.15, -0.1) is 10.2 Å². The van der Waals surface area contributed by atoms with Crippen LogP contribution < -0.4 is 9.64 Å². The van der Waals surface area contributed by atoms with Gasteiger partial charge in [-0.05, 0) is 36.6 Å². The van der Waals surface area contributed by atoms with Crippen molar-refractivity contribution < 1.29 is 9.53 Å². The summed E-state index contributed by atoms with van der Waals surface area (Å²) < 4.78 is 7.62. The number of aromatic nitrogens is 3. The third-order valence-corrected chi connectivity index (χ3v) is 5.78. The van der Waals surface area contributed by atoms with Crippen molar-refractivity contribution in [1.29, 1.82) is 0 Å². The van der Waals surface area contributed by atoms with Crippen molar-refractivity contribution in [2.45, 2.75) is 24.6 Å². The second kappa shape index (κ2) is 8.48. The molecular formula is C21H22N4O2S. The van der Waals surface area contributed by atoms with Crippen LogP contribution in [0.4, 0.5) is 5.69 Å². The molecule has 0 spiro atoms. The van der Waals surface area contributed by atoms with Crippen LogP contribution in [0.3, 0.4) is 0 Å². The number of hydrogen-bond acceptors (Lipinski definition) is 5. The van der Waals surface area contributed by atoms with Gasteiger partial charge in [0.2, 0.25) is 5.91 Å².